The number of anilines is 1. The molecule has 0 bridgehead atoms. The van der Waals surface area contributed by atoms with E-state index in [4.69, 9.17) is 21.1 Å². The van der Waals surface area contributed by atoms with E-state index in [2.05, 4.69) is 20.5 Å². The van der Waals surface area contributed by atoms with Crippen molar-refractivity contribution in [2.24, 2.45) is 0 Å². The molecular formula is C16H13ClN4O3S. The molecule has 2 aromatic heterocycles. The minimum absolute atomic E-state index is 0.305. The molecule has 0 unspecified atom stereocenters. The highest BCUT2D eigenvalue weighted by Gasteiger charge is 2.18. The van der Waals surface area contributed by atoms with Crippen molar-refractivity contribution in [3.63, 3.8) is 0 Å². The van der Waals surface area contributed by atoms with Crippen LogP contribution in [0.15, 0.2) is 36.5 Å². The summed E-state index contributed by atoms with van der Waals surface area (Å²) in [6, 6.07) is 8.77. The van der Waals surface area contributed by atoms with Crippen LogP contribution >= 0.6 is 22.9 Å². The van der Waals surface area contributed by atoms with Crippen molar-refractivity contribution in [2.75, 3.05) is 19.5 Å². The maximum absolute atomic E-state index is 12.7. The Labute approximate surface area is 152 Å². The van der Waals surface area contributed by atoms with Crippen molar-refractivity contribution in [1.29, 1.82) is 0 Å². The van der Waals surface area contributed by atoms with Gasteiger partial charge in [-0.2, -0.15) is 0 Å². The Balaban J connectivity index is 1.98. The molecule has 1 aromatic carbocycles. The topological polar surface area (TPSA) is 86.2 Å². The standard InChI is InChI=1S/C16H13ClN4O3S/c1-23-12-8-18-13(17)7-11(12)9-5-3-4-6-10(9)14(22)19-15-20-21-16(24-2)25-15/h3-8H,1-2H3,(H,19,20,22). The van der Waals surface area contributed by atoms with Gasteiger partial charge in [0.15, 0.2) is 0 Å². The van der Waals surface area contributed by atoms with Gasteiger partial charge in [-0.05, 0) is 29.0 Å². The first kappa shape index (κ1) is 17.1. The molecule has 3 aromatic rings. The Bertz CT molecular complexity index is 916. The third-order valence-corrected chi connectivity index (χ3v) is 4.32. The van der Waals surface area contributed by atoms with Crippen LogP contribution in [0.25, 0.3) is 11.1 Å². The minimum atomic E-state index is -0.329. The second-order valence-electron chi connectivity index (χ2n) is 4.78. The molecule has 2 heterocycles. The van der Waals surface area contributed by atoms with Crippen molar-refractivity contribution in [1.82, 2.24) is 15.2 Å². The predicted octanol–water partition coefficient (Wildman–Crippen LogP) is 3.52. The summed E-state index contributed by atoms with van der Waals surface area (Å²) in [4.78, 5) is 16.7. The highest BCUT2D eigenvalue weighted by atomic mass is 35.5. The number of ether oxygens (including phenoxy) is 2. The first-order valence-corrected chi connectivity index (χ1v) is 8.29. The quantitative estimate of drug-likeness (QED) is 0.685. The molecule has 1 amide bonds. The van der Waals surface area contributed by atoms with Crippen molar-refractivity contribution in [3.05, 3.63) is 47.2 Å². The van der Waals surface area contributed by atoms with Crippen LogP contribution in [0, 0.1) is 0 Å². The molecule has 7 nitrogen and oxygen atoms in total. The van der Waals surface area contributed by atoms with Crippen LogP contribution in [0.2, 0.25) is 5.15 Å². The summed E-state index contributed by atoms with van der Waals surface area (Å²) in [5.41, 5.74) is 1.78. The summed E-state index contributed by atoms with van der Waals surface area (Å²) in [5, 5.41) is 11.4. The van der Waals surface area contributed by atoms with Gasteiger partial charge in [0.1, 0.15) is 10.9 Å². The van der Waals surface area contributed by atoms with Gasteiger partial charge in [0.05, 0.1) is 20.4 Å². The van der Waals surface area contributed by atoms with Crippen LogP contribution in [-0.4, -0.2) is 35.3 Å². The number of aromatic nitrogens is 3. The molecule has 0 atom stereocenters. The van der Waals surface area contributed by atoms with Gasteiger partial charge in [0.2, 0.25) is 5.13 Å². The molecule has 0 aliphatic rings. The fourth-order valence-corrected chi connectivity index (χ4v) is 2.93. The predicted molar refractivity (Wildman–Crippen MR) is 95.6 cm³/mol. The molecule has 0 saturated carbocycles. The molecule has 128 valence electrons. The third-order valence-electron chi connectivity index (χ3n) is 3.32. The number of carbonyl (C=O) groups is 1. The number of halogens is 1. The monoisotopic (exact) mass is 376 g/mol. The Kier molecular flexibility index (Phi) is 5.11. The number of carbonyl (C=O) groups excluding carboxylic acids is 1. The molecule has 0 radical (unpaired) electrons. The van der Waals surface area contributed by atoms with E-state index in [1.165, 1.54) is 20.4 Å². The minimum Gasteiger partial charge on any atom is -0.494 e. The van der Waals surface area contributed by atoms with Crippen LogP contribution in [0.3, 0.4) is 0 Å². The average molecular weight is 377 g/mol. The van der Waals surface area contributed by atoms with Gasteiger partial charge in [-0.1, -0.05) is 34.9 Å². The lowest BCUT2D eigenvalue weighted by Gasteiger charge is -2.12. The van der Waals surface area contributed by atoms with Crippen LogP contribution in [-0.2, 0) is 0 Å². The number of benzene rings is 1. The van der Waals surface area contributed by atoms with E-state index in [1.807, 2.05) is 12.1 Å². The summed E-state index contributed by atoms with van der Waals surface area (Å²) in [6.45, 7) is 0. The van der Waals surface area contributed by atoms with Gasteiger partial charge in [0.25, 0.3) is 11.1 Å². The Morgan fingerprint density at radius 2 is 1.96 bits per heavy atom. The normalized spacial score (nSPS) is 10.4. The second-order valence-corrected chi connectivity index (χ2v) is 6.11. The van der Waals surface area contributed by atoms with Gasteiger partial charge in [-0.15, -0.1) is 5.10 Å². The second kappa shape index (κ2) is 7.45. The third kappa shape index (κ3) is 3.70. The van der Waals surface area contributed by atoms with Gasteiger partial charge in [-0.3, -0.25) is 10.1 Å². The van der Waals surface area contributed by atoms with E-state index >= 15 is 0 Å². The molecule has 0 fully saturated rings. The Hall–Kier alpha value is -2.71. The molecule has 0 aliphatic carbocycles. The molecule has 0 saturated heterocycles. The van der Waals surface area contributed by atoms with Crippen LogP contribution in [0.1, 0.15) is 10.4 Å². The number of pyridine rings is 1. The summed E-state index contributed by atoms with van der Waals surface area (Å²) in [7, 11) is 3.02. The number of hydrogen-bond acceptors (Lipinski definition) is 7. The highest BCUT2D eigenvalue weighted by Crippen LogP contribution is 2.34. The fourth-order valence-electron chi connectivity index (χ4n) is 2.21. The highest BCUT2D eigenvalue weighted by molar-refractivity contribution is 7.17. The summed E-state index contributed by atoms with van der Waals surface area (Å²) < 4.78 is 10.3. The summed E-state index contributed by atoms with van der Waals surface area (Å²) in [5.74, 6) is 0.187. The van der Waals surface area contributed by atoms with E-state index in [0.29, 0.717) is 37.9 Å². The average Bonchev–Trinajstić information content (AvgIpc) is 3.09. The first-order valence-electron chi connectivity index (χ1n) is 7.10. The maximum atomic E-state index is 12.7. The molecule has 0 spiro atoms. The molecule has 1 N–H and O–H groups in total. The molecule has 25 heavy (non-hydrogen) atoms. The number of rotatable bonds is 5. The van der Waals surface area contributed by atoms with E-state index in [9.17, 15) is 4.79 Å². The van der Waals surface area contributed by atoms with Gasteiger partial charge < -0.3 is 9.47 Å². The van der Waals surface area contributed by atoms with Gasteiger partial charge in [-0.25, -0.2) is 4.98 Å². The summed E-state index contributed by atoms with van der Waals surface area (Å²) in [6.07, 6.45) is 1.52. The van der Waals surface area contributed by atoms with Gasteiger partial charge in [0, 0.05) is 11.1 Å². The Morgan fingerprint density at radius 1 is 1.16 bits per heavy atom. The zero-order valence-electron chi connectivity index (χ0n) is 13.3. The number of hydrogen-bond donors (Lipinski definition) is 1. The Morgan fingerprint density at radius 3 is 2.68 bits per heavy atom. The first-order chi connectivity index (χ1) is 12.1. The number of nitrogens with one attached hydrogen (secondary N) is 1. The fraction of sp³-hybridized carbons (Fsp3) is 0.125. The van der Waals surface area contributed by atoms with Crippen LogP contribution < -0.4 is 14.8 Å². The van der Waals surface area contributed by atoms with Crippen LogP contribution in [0.4, 0.5) is 5.13 Å². The summed E-state index contributed by atoms with van der Waals surface area (Å²) >= 11 is 7.14. The lowest BCUT2D eigenvalue weighted by atomic mass is 9.99. The van der Waals surface area contributed by atoms with Crippen molar-refractivity contribution in [2.45, 2.75) is 0 Å². The smallest absolute Gasteiger partial charge is 0.295 e. The zero-order valence-corrected chi connectivity index (χ0v) is 14.9. The van der Waals surface area contributed by atoms with Crippen molar-refractivity contribution in [3.8, 4) is 22.1 Å². The lowest BCUT2D eigenvalue weighted by Crippen LogP contribution is -2.13. The zero-order chi connectivity index (χ0) is 17.8. The number of nitrogens with zero attached hydrogens (tertiary/aromatic N) is 3. The van der Waals surface area contributed by atoms with E-state index < -0.39 is 0 Å². The van der Waals surface area contributed by atoms with Gasteiger partial charge >= 0.3 is 0 Å². The number of amides is 1. The van der Waals surface area contributed by atoms with Crippen LogP contribution in [0.5, 0.6) is 10.9 Å². The molecule has 3 rings (SSSR count). The molecular weight excluding hydrogens is 364 g/mol. The largest absolute Gasteiger partial charge is 0.494 e. The van der Waals surface area contributed by atoms with Crippen molar-refractivity contribution >= 4 is 34.0 Å². The number of methoxy groups -OCH3 is 2. The SMILES string of the molecule is COc1nnc(NC(=O)c2ccccc2-c2cc(Cl)ncc2OC)s1. The molecule has 9 heteroatoms. The maximum Gasteiger partial charge on any atom is 0.295 e. The molecule has 0 aliphatic heterocycles. The lowest BCUT2D eigenvalue weighted by molar-refractivity contribution is 0.102. The van der Waals surface area contributed by atoms with E-state index in [-0.39, 0.29) is 5.91 Å². The van der Waals surface area contributed by atoms with Crippen molar-refractivity contribution < 1.29 is 14.3 Å². The van der Waals surface area contributed by atoms with E-state index in [1.54, 1.807) is 18.2 Å². The van der Waals surface area contributed by atoms with E-state index in [0.717, 1.165) is 11.3 Å².